The molecule has 0 saturated carbocycles. The van der Waals surface area contributed by atoms with E-state index in [1.54, 1.807) is 35.8 Å². The molecule has 1 amide bonds. The van der Waals surface area contributed by atoms with E-state index >= 15 is 0 Å². The summed E-state index contributed by atoms with van der Waals surface area (Å²) in [7, 11) is 0. The molecule has 3 aromatic rings. The first-order chi connectivity index (χ1) is 12.4. The summed E-state index contributed by atoms with van der Waals surface area (Å²) >= 11 is 7.32. The third-order valence-corrected chi connectivity index (χ3v) is 5.00. The standard InChI is InChI=1S/C18H16ClFN4OS/c1-11-3-6-14(9-16(11)19)21-17(25)10-26-18-23-22-12(2)24(18)15-7-4-13(20)5-8-15/h3-9H,10H2,1-2H3,(H,21,25). The van der Waals surface area contributed by atoms with E-state index in [0.29, 0.717) is 21.7 Å². The van der Waals surface area contributed by atoms with Gasteiger partial charge in [0.2, 0.25) is 5.91 Å². The van der Waals surface area contributed by atoms with Crippen molar-refractivity contribution in [3.8, 4) is 5.69 Å². The van der Waals surface area contributed by atoms with E-state index in [1.165, 1.54) is 23.9 Å². The van der Waals surface area contributed by atoms with Gasteiger partial charge in [-0.2, -0.15) is 0 Å². The molecular weight excluding hydrogens is 375 g/mol. The SMILES string of the molecule is Cc1ccc(NC(=O)CSc2nnc(C)n2-c2ccc(F)cc2)cc1Cl. The fourth-order valence-electron chi connectivity index (χ4n) is 2.32. The van der Waals surface area contributed by atoms with Crippen molar-refractivity contribution in [2.75, 3.05) is 11.1 Å². The Morgan fingerprint density at radius 3 is 2.62 bits per heavy atom. The van der Waals surface area contributed by atoms with Gasteiger partial charge in [-0.15, -0.1) is 10.2 Å². The van der Waals surface area contributed by atoms with Gasteiger partial charge in [-0.3, -0.25) is 9.36 Å². The van der Waals surface area contributed by atoms with Gasteiger partial charge >= 0.3 is 0 Å². The molecule has 0 unspecified atom stereocenters. The largest absolute Gasteiger partial charge is 0.325 e. The van der Waals surface area contributed by atoms with Gasteiger partial charge in [-0.05, 0) is 55.8 Å². The lowest BCUT2D eigenvalue weighted by Gasteiger charge is -2.09. The van der Waals surface area contributed by atoms with Crippen LogP contribution in [0.3, 0.4) is 0 Å². The van der Waals surface area contributed by atoms with E-state index in [0.717, 1.165) is 11.3 Å². The van der Waals surface area contributed by atoms with E-state index in [-0.39, 0.29) is 17.5 Å². The summed E-state index contributed by atoms with van der Waals surface area (Å²) in [5, 5.41) is 12.1. The van der Waals surface area contributed by atoms with Gasteiger partial charge in [-0.25, -0.2) is 4.39 Å². The highest BCUT2D eigenvalue weighted by molar-refractivity contribution is 7.99. The lowest BCUT2D eigenvalue weighted by molar-refractivity contribution is -0.113. The summed E-state index contributed by atoms with van der Waals surface area (Å²) in [6, 6.07) is 11.4. The minimum absolute atomic E-state index is 0.158. The molecule has 1 N–H and O–H groups in total. The number of aromatic nitrogens is 3. The minimum atomic E-state index is -0.315. The van der Waals surface area contributed by atoms with Crippen LogP contribution in [0.1, 0.15) is 11.4 Å². The van der Waals surface area contributed by atoms with Crippen molar-refractivity contribution >= 4 is 35.0 Å². The molecular formula is C18H16ClFN4OS. The molecule has 0 aliphatic heterocycles. The topological polar surface area (TPSA) is 59.8 Å². The van der Waals surface area contributed by atoms with Gasteiger partial charge in [0.15, 0.2) is 5.16 Å². The first-order valence-corrected chi connectivity index (χ1v) is 9.17. The monoisotopic (exact) mass is 390 g/mol. The first-order valence-electron chi connectivity index (χ1n) is 7.81. The van der Waals surface area contributed by atoms with Gasteiger partial charge in [0, 0.05) is 16.4 Å². The van der Waals surface area contributed by atoms with Gasteiger partial charge < -0.3 is 5.32 Å². The Morgan fingerprint density at radius 1 is 1.19 bits per heavy atom. The van der Waals surface area contributed by atoms with E-state index in [9.17, 15) is 9.18 Å². The number of benzene rings is 2. The number of nitrogens with one attached hydrogen (secondary N) is 1. The normalized spacial score (nSPS) is 10.8. The van der Waals surface area contributed by atoms with Crippen LogP contribution in [0.5, 0.6) is 0 Å². The number of carbonyl (C=O) groups excluding carboxylic acids is 1. The van der Waals surface area contributed by atoms with Crippen molar-refractivity contribution in [1.82, 2.24) is 14.8 Å². The Morgan fingerprint density at radius 2 is 1.92 bits per heavy atom. The zero-order chi connectivity index (χ0) is 18.7. The van der Waals surface area contributed by atoms with E-state index in [4.69, 9.17) is 11.6 Å². The summed E-state index contributed by atoms with van der Waals surface area (Å²) in [5.74, 6) is 0.320. The first kappa shape index (κ1) is 18.4. The molecule has 134 valence electrons. The number of halogens is 2. The highest BCUT2D eigenvalue weighted by Gasteiger charge is 2.14. The van der Waals surface area contributed by atoms with Crippen LogP contribution in [-0.2, 0) is 4.79 Å². The Labute approximate surface area is 159 Å². The molecule has 1 aromatic heterocycles. The molecule has 26 heavy (non-hydrogen) atoms. The summed E-state index contributed by atoms with van der Waals surface area (Å²) in [6.07, 6.45) is 0. The lowest BCUT2D eigenvalue weighted by atomic mass is 10.2. The predicted octanol–water partition coefficient (Wildman–Crippen LogP) is 4.41. The summed E-state index contributed by atoms with van der Waals surface area (Å²) in [5.41, 5.74) is 2.33. The van der Waals surface area contributed by atoms with Crippen molar-refractivity contribution in [3.05, 3.63) is 64.7 Å². The molecule has 0 bridgehead atoms. The van der Waals surface area contributed by atoms with Crippen molar-refractivity contribution in [2.45, 2.75) is 19.0 Å². The Kier molecular flexibility index (Phi) is 5.58. The number of thioether (sulfide) groups is 1. The quantitative estimate of drug-likeness (QED) is 0.655. The summed E-state index contributed by atoms with van der Waals surface area (Å²) < 4.78 is 14.9. The smallest absolute Gasteiger partial charge is 0.234 e. The molecule has 0 fully saturated rings. The Bertz CT molecular complexity index is 943. The molecule has 0 spiro atoms. The fraction of sp³-hybridized carbons (Fsp3) is 0.167. The van der Waals surface area contributed by atoms with Crippen LogP contribution >= 0.6 is 23.4 Å². The molecule has 3 rings (SSSR count). The van der Waals surface area contributed by atoms with Crippen LogP contribution in [0.15, 0.2) is 47.6 Å². The fourth-order valence-corrected chi connectivity index (χ4v) is 3.30. The van der Waals surface area contributed by atoms with Crippen molar-refractivity contribution < 1.29 is 9.18 Å². The van der Waals surface area contributed by atoms with Gasteiger partial charge in [0.05, 0.1) is 5.75 Å². The molecule has 0 aliphatic carbocycles. The van der Waals surface area contributed by atoms with Crippen LogP contribution < -0.4 is 5.32 Å². The van der Waals surface area contributed by atoms with Crippen LogP contribution in [0, 0.1) is 19.7 Å². The highest BCUT2D eigenvalue weighted by atomic mass is 35.5. The van der Waals surface area contributed by atoms with Crippen molar-refractivity contribution in [1.29, 1.82) is 0 Å². The average molecular weight is 391 g/mol. The predicted molar refractivity (Wildman–Crippen MR) is 102 cm³/mol. The molecule has 0 aliphatic rings. The minimum Gasteiger partial charge on any atom is -0.325 e. The van der Waals surface area contributed by atoms with Crippen LogP contribution in [-0.4, -0.2) is 26.4 Å². The van der Waals surface area contributed by atoms with Crippen LogP contribution in [0.25, 0.3) is 5.69 Å². The number of rotatable bonds is 5. The molecule has 0 radical (unpaired) electrons. The zero-order valence-electron chi connectivity index (χ0n) is 14.2. The number of nitrogens with zero attached hydrogens (tertiary/aromatic N) is 3. The Balaban J connectivity index is 1.69. The van der Waals surface area contributed by atoms with Gasteiger partial charge in [0.25, 0.3) is 0 Å². The number of amides is 1. The third-order valence-electron chi connectivity index (χ3n) is 3.67. The third kappa shape index (κ3) is 4.23. The molecule has 5 nitrogen and oxygen atoms in total. The molecule has 2 aromatic carbocycles. The van der Waals surface area contributed by atoms with Gasteiger partial charge in [-0.1, -0.05) is 29.4 Å². The summed E-state index contributed by atoms with van der Waals surface area (Å²) in [6.45, 7) is 3.70. The molecule has 0 atom stereocenters. The highest BCUT2D eigenvalue weighted by Crippen LogP contribution is 2.23. The Hall–Kier alpha value is -2.38. The van der Waals surface area contributed by atoms with Crippen LogP contribution in [0.2, 0.25) is 5.02 Å². The second-order valence-electron chi connectivity index (χ2n) is 5.64. The zero-order valence-corrected chi connectivity index (χ0v) is 15.7. The van der Waals surface area contributed by atoms with Crippen LogP contribution in [0.4, 0.5) is 10.1 Å². The summed E-state index contributed by atoms with van der Waals surface area (Å²) in [4.78, 5) is 12.2. The van der Waals surface area contributed by atoms with Crippen molar-refractivity contribution in [3.63, 3.8) is 0 Å². The number of anilines is 1. The number of carbonyl (C=O) groups is 1. The van der Waals surface area contributed by atoms with Gasteiger partial charge in [0.1, 0.15) is 11.6 Å². The second kappa shape index (κ2) is 7.88. The lowest BCUT2D eigenvalue weighted by Crippen LogP contribution is -2.14. The molecule has 1 heterocycles. The molecule has 0 saturated heterocycles. The second-order valence-corrected chi connectivity index (χ2v) is 6.99. The van der Waals surface area contributed by atoms with E-state index in [1.807, 2.05) is 13.0 Å². The number of hydrogen-bond acceptors (Lipinski definition) is 4. The maximum absolute atomic E-state index is 13.1. The number of aryl methyl sites for hydroxylation is 2. The number of hydrogen-bond donors (Lipinski definition) is 1. The van der Waals surface area contributed by atoms with E-state index < -0.39 is 0 Å². The maximum atomic E-state index is 13.1. The molecule has 8 heteroatoms. The maximum Gasteiger partial charge on any atom is 0.234 e. The van der Waals surface area contributed by atoms with Crippen molar-refractivity contribution in [2.24, 2.45) is 0 Å². The van der Waals surface area contributed by atoms with E-state index in [2.05, 4.69) is 15.5 Å². The average Bonchev–Trinajstić information content (AvgIpc) is 2.98.